The molecule has 3 atom stereocenters. The van der Waals surface area contributed by atoms with Gasteiger partial charge in [0.1, 0.15) is 24.2 Å². The Hall–Kier alpha value is -3.53. The molecule has 1 aliphatic carbocycles. The maximum Gasteiger partial charge on any atom is 0.269 e. The van der Waals surface area contributed by atoms with Gasteiger partial charge in [-0.05, 0) is 49.4 Å². The van der Waals surface area contributed by atoms with E-state index in [1.807, 2.05) is 0 Å². The van der Waals surface area contributed by atoms with Crippen molar-refractivity contribution in [3.8, 4) is 0 Å². The average Bonchev–Trinajstić information content (AvgIpc) is 3.52. The van der Waals surface area contributed by atoms with Gasteiger partial charge in [0, 0.05) is 23.5 Å². The first-order valence-electron chi connectivity index (χ1n) is 11.7. The molecule has 2 aromatic carbocycles. The van der Waals surface area contributed by atoms with Gasteiger partial charge in [0.2, 0.25) is 11.8 Å². The number of hydrogen-bond acceptors (Lipinski definition) is 4. The molecular formula is C25H24ClF2N5O3. The molecule has 2 aliphatic rings. The molecule has 36 heavy (non-hydrogen) atoms. The number of likely N-dealkylation sites (tertiary alicyclic amines) is 1. The minimum atomic E-state index is -0.834. The Kier molecular flexibility index (Phi) is 6.38. The summed E-state index contributed by atoms with van der Waals surface area (Å²) in [7, 11) is 0. The summed E-state index contributed by atoms with van der Waals surface area (Å²) in [5, 5.41) is 7.09. The van der Waals surface area contributed by atoms with Crippen LogP contribution in [0.1, 0.15) is 41.7 Å². The zero-order chi connectivity index (χ0) is 25.6. The Balaban J connectivity index is 1.38. The van der Waals surface area contributed by atoms with E-state index in [9.17, 15) is 23.2 Å². The summed E-state index contributed by atoms with van der Waals surface area (Å²) in [6.45, 7) is -0.304. The molecule has 11 heteroatoms. The highest BCUT2D eigenvalue weighted by Gasteiger charge is 2.48. The van der Waals surface area contributed by atoms with Crippen LogP contribution in [0.15, 0.2) is 36.4 Å². The van der Waals surface area contributed by atoms with Crippen LogP contribution in [0.2, 0.25) is 5.02 Å². The van der Waals surface area contributed by atoms with Crippen molar-refractivity contribution < 1.29 is 23.2 Å². The Morgan fingerprint density at radius 1 is 1.17 bits per heavy atom. The van der Waals surface area contributed by atoms with Crippen molar-refractivity contribution in [3.63, 3.8) is 0 Å². The van der Waals surface area contributed by atoms with E-state index in [1.54, 1.807) is 11.0 Å². The molecule has 1 aromatic heterocycles. The molecule has 1 saturated carbocycles. The summed E-state index contributed by atoms with van der Waals surface area (Å²) < 4.78 is 29.4. The second-order valence-electron chi connectivity index (χ2n) is 9.27. The molecule has 8 nitrogen and oxygen atoms in total. The molecule has 3 aromatic rings. The minimum Gasteiger partial charge on any atom is -0.364 e. The molecule has 0 radical (unpaired) electrons. The molecule has 3 N–H and O–H groups in total. The number of aromatic nitrogens is 2. The highest BCUT2D eigenvalue weighted by molar-refractivity contribution is 6.30. The van der Waals surface area contributed by atoms with E-state index in [0.717, 1.165) is 25.3 Å². The lowest BCUT2D eigenvalue weighted by molar-refractivity contribution is -0.141. The van der Waals surface area contributed by atoms with Gasteiger partial charge in [0.05, 0.1) is 10.5 Å². The number of nitrogens with zero attached hydrogens (tertiary/aromatic N) is 3. The van der Waals surface area contributed by atoms with Gasteiger partial charge in [-0.3, -0.25) is 19.1 Å². The monoisotopic (exact) mass is 515 g/mol. The van der Waals surface area contributed by atoms with Crippen LogP contribution in [0.4, 0.5) is 8.78 Å². The van der Waals surface area contributed by atoms with Crippen LogP contribution >= 0.6 is 11.6 Å². The first kappa shape index (κ1) is 24.2. The number of rotatable bonds is 6. The summed E-state index contributed by atoms with van der Waals surface area (Å²) in [6.07, 6.45) is 3.16. The van der Waals surface area contributed by atoms with E-state index in [1.165, 1.54) is 28.9 Å². The van der Waals surface area contributed by atoms with Gasteiger partial charge in [-0.1, -0.05) is 30.2 Å². The van der Waals surface area contributed by atoms with Crippen molar-refractivity contribution in [2.24, 2.45) is 11.7 Å². The third-order valence-electron chi connectivity index (χ3n) is 7.14. The van der Waals surface area contributed by atoms with Crippen LogP contribution < -0.4 is 11.1 Å². The topological polar surface area (TPSA) is 110 Å². The summed E-state index contributed by atoms with van der Waals surface area (Å²) in [5.74, 6) is -2.51. The van der Waals surface area contributed by atoms with Gasteiger partial charge >= 0.3 is 0 Å². The first-order valence-corrected chi connectivity index (χ1v) is 12.1. The second kappa shape index (κ2) is 9.50. The number of nitrogens with one attached hydrogen (secondary N) is 1. The molecule has 0 bridgehead atoms. The molecule has 1 aliphatic heterocycles. The maximum absolute atomic E-state index is 14.3. The van der Waals surface area contributed by atoms with Crippen LogP contribution in [0.25, 0.3) is 10.9 Å². The van der Waals surface area contributed by atoms with Crippen molar-refractivity contribution in [3.05, 3.63) is 64.3 Å². The number of halogens is 3. The maximum atomic E-state index is 14.3. The van der Waals surface area contributed by atoms with Crippen LogP contribution in [0.3, 0.4) is 0 Å². The first-order chi connectivity index (χ1) is 17.2. The number of benzene rings is 2. The molecule has 2 fully saturated rings. The highest BCUT2D eigenvalue weighted by Crippen LogP contribution is 2.41. The number of amides is 3. The van der Waals surface area contributed by atoms with Crippen LogP contribution in [0.5, 0.6) is 0 Å². The summed E-state index contributed by atoms with van der Waals surface area (Å²) >= 11 is 5.84. The van der Waals surface area contributed by atoms with Gasteiger partial charge in [0.15, 0.2) is 5.69 Å². The predicted octanol–water partition coefficient (Wildman–Crippen LogP) is 3.15. The van der Waals surface area contributed by atoms with Crippen molar-refractivity contribution in [2.75, 3.05) is 0 Å². The quantitative estimate of drug-likeness (QED) is 0.525. The smallest absolute Gasteiger partial charge is 0.269 e. The van der Waals surface area contributed by atoms with E-state index < -0.39 is 23.6 Å². The lowest BCUT2D eigenvalue weighted by Gasteiger charge is -2.29. The SMILES string of the molecule is NC(=O)c1nn(CC(=O)N2[C@H](C(=O)NCc3cccc(Cl)c3F)C[C@@H]3CCC[C@@H]32)c2ccc(F)cc12. The van der Waals surface area contributed by atoms with Crippen molar-refractivity contribution in [1.82, 2.24) is 20.0 Å². The van der Waals surface area contributed by atoms with Gasteiger partial charge in [-0.2, -0.15) is 5.10 Å². The van der Waals surface area contributed by atoms with E-state index in [0.29, 0.717) is 11.9 Å². The number of primary amides is 1. The van der Waals surface area contributed by atoms with Crippen molar-refractivity contribution >= 4 is 40.2 Å². The Bertz CT molecular complexity index is 1380. The Morgan fingerprint density at radius 2 is 1.97 bits per heavy atom. The number of carbonyl (C=O) groups excluding carboxylic acids is 3. The van der Waals surface area contributed by atoms with Gasteiger partial charge < -0.3 is 16.0 Å². The Labute approximate surface area is 210 Å². The van der Waals surface area contributed by atoms with Crippen LogP contribution in [-0.4, -0.2) is 44.5 Å². The summed E-state index contributed by atoms with van der Waals surface area (Å²) in [4.78, 5) is 40.2. The summed E-state index contributed by atoms with van der Waals surface area (Å²) in [5.41, 5.74) is 5.92. The normalized spacial score (nSPS) is 21.1. The van der Waals surface area contributed by atoms with Gasteiger partial charge in [-0.25, -0.2) is 8.78 Å². The minimum absolute atomic E-state index is 0.0318. The number of carbonyl (C=O) groups is 3. The lowest BCUT2D eigenvalue weighted by Crippen LogP contribution is -2.49. The van der Waals surface area contributed by atoms with E-state index in [2.05, 4.69) is 10.4 Å². The van der Waals surface area contributed by atoms with Crippen molar-refractivity contribution in [2.45, 2.75) is 50.9 Å². The predicted molar refractivity (Wildman–Crippen MR) is 128 cm³/mol. The molecule has 0 spiro atoms. The van der Waals surface area contributed by atoms with Gasteiger partial charge in [-0.15, -0.1) is 0 Å². The molecule has 3 amide bonds. The fourth-order valence-corrected chi connectivity index (χ4v) is 5.73. The molecule has 2 heterocycles. The zero-order valence-corrected chi connectivity index (χ0v) is 20.0. The molecular weight excluding hydrogens is 492 g/mol. The fraction of sp³-hybridized carbons (Fsp3) is 0.360. The van der Waals surface area contributed by atoms with Gasteiger partial charge in [0.25, 0.3) is 5.91 Å². The Morgan fingerprint density at radius 3 is 2.75 bits per heavy atom. The molecule has 1 saturated heterocycles. The van der Waals surface area contributed by atoms with Crippen LogP contribution in [-0.2, 0) is 22.7 Å². The largest absolute Gasteiger partial charge is 0.364 e. The third kappa shape index (κ3) is 4.30. The second-order valence-corrected chi connectivity index (χ2v) is 9.68. The number of fused-ring (bicyclic) bond motifs is 2. The third-order valence-corrected chi connectivity index (χ3v) is 7.44. The molecule has 0 unspecified atom stereocenters. The molecule has 188 valence electrons. The number of nitrogens with two attached hydrogens (primary N) is 1. The van der Waals surface area contributed by atoms with E-state index in [4.69, 9.17) is 17.3 Å². The average molecular weight is 516 g/mol. The van der Waals surface area contributed by atoms with Crippen molar-refractivity contribution in [1.29, 1.82) is 0 Å². The summed E-state index contributed by atoms with van der Waals surface area (Å²) in [6, 6.07) is 7.55. The van der Waals surface area contributed by atoms with E-state index >= 15 is 0 Å². The lowest BCUT2D eigenvalue weighted by atomic mass is 10.0. The standard InChI is InChI=1S/C25H24ClF2N5O3/c26-17-5-1-4-14(22(17)28)11-30-25(36)20-9-13-3-2-6-18(13)33(20)21(34)12-32-19-8-7-15(27)10-16(19)23(31-32)24(29)35/h1,4-5,7-8,10,13,18,20H,2-3,6,9,11-12H2,(H2,29,35)(H,30,36)/t13-,18-,20-/m0/s1. The number of hydrogen-bond donors (Lipinski definition) is 2. The highest BCUT2D eigenvalue weighted by atomic mass is 35.5. The zero-order valence-electron chi connectivity index (χ0n) is 19.2. The fourth-order valence-electron chi connectivity index (χ4n) is 5.53. The van der Waals surface area contributed by atoms with E-state index in [-0.39, 0.29) is 58.5 Å². The molecule has 5 rings (SSSR count). The van der Waals surface area contributed by atoms with Crippen LogP contribution in [0, 0.1) is 17.6 Å².